The fourth-order valence-electron chi connectivity index (χ4n) is 2.62. The average molecular weight is 247 g/mol. The summed E-state index contributed by atoms with van der Waals surface area (Å²) in [5, 5.41) is 13.8. The van der Waals surface area contributed by atoms with Gasteiger partial charge in [0.2, 0.25) is 5.91 Å². The van der Waals surface area contributed by atoms with Crippen molar-refractivity contribution >= 4 is 17.8 Å². The lowest BCUT2D eigenvalue weighted by Crippen LogP contribution is -2.43. The molecule has 18 heavy (non-hydrogen) atoms. The van der Waals surface area contributed by atoms with Crippen LogP contribution in [0.2, 0.25) is 0 Å². The van der Waals surface area contributed by atoms with Crippen molar-refractivity contribution in [1.29, 1.82) is 0 Å². The van der Waals surface area contributed by atoms with Crippen LogP contribution in [0, 0.1) is 0 Å². The van der Waals surface area contributed by atoms with Crippen molar-refractivity contribution < 1.29 is 14.7 Å². The highest BCUT2D eigenvalue weighted by atomic mass is 16.4. The molecule has 2 aliphatic rings. The van der Waals surface area contributed by atoms with E-state index < -0.39 is 12.1 Å². The summed E-state index contributed by atoms with van der Waals surface area (Å²) in [6.07, 6.45) is 2.89. The molecule has 2 amide bonds. The molecule has 2 heterocycles. The van der Waals surface area contributed by atoms with E-state index in [0.717, 1.165) is 18.4 Å². The summed E-state index contributed by atoms with van der Waals surface area (Å²) in [7, 11) is 0. The zero-order chi connectivity index (χ0) is 12.8. The third-order valence-corrected chi connectivity index (χ3v) is 3.68. The van der Waals surface area contributed by atoms with Crippen molar-refractivity contribution in [2.45, 2.75) is 30.7 Å². The molecule has 3 rings (SSSR count). The van der Waals surface area contributed by atoms with Gasteiger partial charge in [-0.05, 0) is 25.3 Å². The topological polar surface area (TPSA) is 91.3 Å². The standard InChI is InChI=1S/C12H13N3O3/c16-10-8(14-11(17)18)6-12(3-4-12)7-2-1-5-13-9(7)15-10/h1-2,5,8,14H,3-4,6H2,(H,17,18)(H,13,15,16). The normalized spacial score (nSPS) is 23.8. The van der Waals surface area contributed by atoms with E-state index in [-0.39, 0.29) is 11.3 Å². The highest BCUT2D eigenvalue weighted by Gasteiger charge is 2.50. The first-order valence-corrected chi connectivity index (χ1v) is 5.87. The van der Waals surface area contributed by atoms with E-state index >= 15 is 0 Å². The summed E-state index contributed by atoms with van der Waals surface area (Å²) in [6, 6.07) is 3.09. The van der Waals surface area contributed by atoms with E-state index in [1.807, 2.05) is 12.1 Å². The van der Waals surface area contributed by atoms with Crippen molar-refractivity contribution in [3.63, 3.8) is 0 Å². The van der Waals surface area contributed by atoms with Crippen LogP contribution in [-0.2, 0) is 10.2 Å². The number of nitrogens with one attached hydrogen (secondary N) is 2. The molecule has 1 aliphatic carbocycles. The number of aromatic nitrogens is 1. The Morgan fingerprint density at radius 1 is 1.56 bits per heavy atom. The van der Waals surface area contributed by atoms with Gasteiger partial charge in [0.05, 0.1) is 0 Å². The number of hydrogen-bond donors (Lipinski definition) is 3. The average Bonchev–Trinajstić information content (AvgIpc) is 3.09. The lowest BCUT2D eigenvalue weighted by Gasteiger charge is -2.17. The molecule has 1 aliphatic heterocycles. The highest BCUT2D eigenvalue weighted by Crippen LogP contribution is 2.54. The van der Waals surface area contributed by atoms with Gasteiger partial charge in [0, 0.05) is 17.2 Å². The van der Waals surface area contributed by atoms with Crippen LogP contribution < -0.4 is 10.6 Å². The Hall–Kier alpha value is -2.11. The maximum absolute atomic E-state index is 12.0. The van der Waals surface area contributed by atoms with Crippen molar-refractivity contribution in [3.05, 3.63) is 23.9 Å². The van der Waals surface area contributed by atoms with E-state index in [2.05, 4.69) is 15.6 Å². The number of fused-ring (bicyclic) bond motifs is 2. The molecule has 1 atom stereocenters. The predicted octanol–water partition coefficient (Wildman–Crippen LogP) is 1.09. The zero-order valence-electron chi connectivity index (χ0n) is 9.64. The molecular formula is C12H13N3O3. The van der Waals surface area contributed by atoms with E-state index in [1.165, 1.54) is 0 Å². The molecule has 0 bridgehead atoms. The summed E-state index contributed by atoms with van der Waals surface area (Å²) in [5.41, 5.74) is 0.934. The van der Waals surface area contributed by atoms with Crippen LogP contribution in [0.5, 0.6) is 0 Å². The Bertz CT molecular complexity index is 525. The molecule has 1 unspecified atom stereocenters. The SMILES string of the molecule is O=C(O)NC1CC2(CC2)c2cccnc2NC1=O. The van der Waals surface area contributed by atoms with Crippen molar-refractivity contribution in [2.24, 2.45) is 0 Å². The minimum Gasteiger partial charge on any atom is -0.465 e. The molecule has 6 heteroatoms. The number of nitrogens with zero attached hydrogens (tertiary/aromatic N) is 1. The molecule has 1 fully saturated rings. The van der Waals surface area contributed by atoms with Crippen molar-refractivity contribution in [3.8, 4) is 0 Å². The number of amides is 2. The summed E-state index contributed by atoms with van der Waals surface area (Å²) in [4.78, 5) is 26.8. The van der Waals surface area contributed by atoms with E-state index in [0.29, 0.717) is 12.2 Å². The second-order valence-electron chi connectivity index (χ2n) is 4.88. The molecular weight excluding hydrogens is 234 g/mol. The lowest BCUT2D eigenvalue weighted by molar-refractivity contribution is -0.118. The molecule has 1 spiro atoms. The third-order valence-electron chi connectivity index (χ3n) is 3.68. The molecule has 0 radical (unpaired) electrons. The van der Waals surface area contributed by atoms with Gasteiger partial charge in [0.1, 0.15) is 11.9 Å². The smallest absolute Gasteiger partial charge is 0.405 e. The maximum atomic E-state index is 12.0. The third kappa shape index (κ3) is 1.70. The number of pyridine rings is 1. The van der Waals surface area contributed by atoms with E-state index in [9.17, 15) is 9.59 Å². The second-order valence-corrected chi connectivity index (χ2v) is 4.88. The first-order valence-electron chi connectivity index (χ1n) is 5.87. The fourth-order valence-corrected chi connectivity index (χ4v) is 2.62. The fraction of sp³-hybridized carbons (Fsp3) is 0.417. The second kappa shape index (κ2) is 3.69. The van der Waals surface area contributed by atoms with Gasteiger partial charge in [-0.2, -0.15) is 0 Å². The van der Waals surface area contributed by atoms with Crippen LogP contribution in [0.25, 0.3) is 0 Å². The Balaban J connectivity index is 1.97. The van der Waals surface area contributed by atoms with Crippen LogP contribution in [-0.4, -0.2) is 28.1 Å². The Morgan fingerprint density at radius 2 is 2.33 bits per heavy atom. The molecule has 1 aromatic rings. The van der Waals surface area contributed by atoms with Gasteiger partial charge in [0.25, 0.3) is 0 Å². The minimum absolute atomic E-state index is 0.0874. The predicted molar refractivity (Wildman–Crippen MR) is 63.3 cm³/mol. The number of hydrogen-bond acceptors (Lipinski definition) is 3. The number of anilines is 1. The number of rotatable bonds is 1. The van der Waals surface area contributed by atoms with Gasteiger partial charge in [-0.25, -0.2) is 9.78 Å². The summed E-state index contributed by atoms with van der Waals surface area (Å²) in [6.45, 7) is 0. The monoisotopic (exact) mass is 247 g/mol. The number of carbonyl (C=O) groups is 2. The highest BCUT2D eigenvalue weighted by molar-refractivity contribution is 5.97. The van der Waals surface area contributed by atoms with Gasteiger partial charge >= 0.3 is 6.09 Å². The first kappa shape index (κ1) is 11.0. The number of carbonyl (C=O) groups excluding carboxylic acids is 1. The number of carboxylic acid groups (broad SMARTS) is 1. The largest absolute Gasteiger partial charge is 0.465 e. The van der Waals surface area contributed by atoms with Gasteiger partial charge < -0.3 is 15.7 Å². The molecule has 0 saturated heterocycles. The lowest BCUT2D eigenvalue weighted by atomic mass is 9.90. The van der Waals surface area contributed by atoms with Gasteiger partial charge in [0.15, 0.2) is 0 Å². The van der Waals surface area contributed by atoms with Crippen LogP contribution in [0.4, 0.5) is 10.6 Å². The van der Waals surface area contributed by atoms with Crippen molar-refractivity contribution in [1.82, 2.24) is 10.3 Å². The van der Waals surface area contributed by atoms with Crippen LogP contribution >= 0.6 is 0 Å². The molecule has 3 N–H and O–H groups in total. The Kier molecular flexibility index (Phi) is 2.26. The van der Waals surface area contributed by atoms with Gasteiger partial charge in [-0.1, -0.05) is 6.07 Å². The molecule has 1 saturated carbocycles. The van der Waals surface area contributed by atoms with Gasteiger partial charge in [-0.15, -0.1) is 0 Å². The van der Waals surface area contributed by atoms with Crippen molar-refractivity contribution in [2.75, 3.05) is 5.32 Å². The molecule has 0 aromatic carbocycles. The van der Waals surface area contributed by atoms with E-state index in [1.54, 1.807) is 6.20 Å². The quantitative estimate of drug-likeness (QED) is 0.692. The van der Waals surface area contributed by atoms with Crippen LogP contribution in [0.1, 0.15) is 24.8 Å². The Morgan fingerprint density at radius 3 is 3.00 bits per heavy atom. The van der Waals surface area contributed by atoms with Crippen LogP contribution in [0.3, 0.4) is 0 Å². The van der Waals surface area contributed by atoms with Gasteiger partial charge in [-0.3, -0.25) is 4.79 Å². The summed E-state index contributed by atoms with van der Waals surface area (Å²) >= 11 is 0. The first-order chi connectivity index (χ1) is 8.61. The minimum atomic E-state index is -1.18. The maximum Gasteiger partial charge on any atom is 0.405 e. The van der Waals surface area contributed by atoms with Crippen LogP contribution in [0.15, 0.2) is 18.3 Å². The molecule has 1 aromatic heterocycles. The Labute approximate surface area is 103 Å². The summed E-state index contributed by atoms with van der Waals surface area (Å²) < 4.78 is 0. The zero-order valence-corrected chi connectivity index (χ0v) is 9.64. The molecule has 94 valence electrons. The van der Waals surface area contributed by atoms with E-state index in [4.69, 9.17) is 5.11 Å². The summed E-state index contributed by atoms with van der Waals surface area (Å²) in [5.74, 6) is 0.232. The molecule has 6 nitrogen and oxygen atoms in total.